The van der Waals surface area contributed by atoms with E-state index in [9.17, 15) is 13.2 Å². The van der Waals surface area contributed by atoms with Crippen LogP contribution in [0.2, 0.25) is 0 Å². The summed E-state index contributed by atoms with van der Waals surface area (Å²) in [7, 11) is -3.82. The smallest absolute Gasteiger partial charge is 0.263 e. The lowest BCUT2D eigenvalue weighted by Gasteiger charge is -2.15. The summed E-state index contributed by atoms with van der Waals surface area (Å²) >= 11 is 0. The number of amides is 1. The first kappa shape index (κ1) is 15.5. The predicted molar refractivity (Wildman–Crippen MR) is 83.6 cm³/mol. The van der Waals surface area contributed by atoms with Crippen molar-refractivity contribution in [3.63, 3.8) is 0 Å². The minimum atomic E-state index is -3.82. The third-order valence-electron chi connectivity index (χ3n) is 3.65. The van der Waals surface area contributed by atoms with Crippen LogP contribution in [0.15, 0.2) is 39.8 Å². The summed E-state index contributed by atoms with van der Waals surface area (Å²) in [4.78, 5) is 14.1. The molecule has 1 amide bonds. The molecule has 0 atom stereocenters. The topological polar surface area (TPSA) is 92.5 Å². The second kappa shape index (κ2) is 6.04. The highest BCUT2D eigenvalue weighted by Crippen LogP contribution is 2.19. The fourth-order valence-electron chi connectivity index (χ4n) is 2.51. The largest absolute Gasteiger partial charge is 0.360 e. The summed E-state index contributed by atoms with van der Waals surface area (Å²) in [6.07, 6.45) is 1.97. The van der Waals surface area contributed by atoms with Crippen LogP contribution < -0.4 is 4.72 Å². The number of carbonyl (C=O) groups is 1. The number of anilines is 1. The first-order valence-electron chi connectivity index (χ1n) is 7.31. The van der Waals surface area contributed by atoms with Crippen LogP contribution in [0.4, 0.5) is 5.82 Å². The number of aromatic nitrogens is 1. The van der Waals surface area contributed by atoms with Gasteiger partial charge >= 0.3 is 0 Å². The van der Waals surface area contributed by atoms with Gasteiger partial charge in [0.1, 0.15) is 5.76 Å². The minimum Gasteiger partial charge on any atom is -0.360 e. The molecule has 0 aliphatic carbocycles. The number of sulfonamides is 1. The van der Waals surface area contributed by atoms with Gasteiger partial charge in [-0.15, -0.1) is 0 Å². The van der Waals surface area contributed by atoms with Gasteiger partial charge in [0.15, 0.2) is 5.82 Å². The molecule has 0 spiro atoms. The number of nitrogens with one attached hydrogen (secondary N) is 1. The van der Waals surface area contributed by atoms with E-state index < -0.39 is 10.0 Å². The third-order valence-corrected chi connectivity index (χ3v) is 5.00. The number of likely N-dealkylation sites (tertiary alicyclic amines) is 1. The fraction of sp³-hybridized carbons (Fsp3) is 0.333. The average Bonchev–Trinajstić information content (AvgIpc) is 3.18. The zero-order valence-corrected chi connectivity index (χ0v) is 13.5. The Kier molecular flexibility index (Phi) is 4.08. The van der Waals surface area contributed by atoms with Crippen molar-refractivity contribution in [3.8, 4) is 0 Å². The van der Waals surface area contributed by atoms with E-state index in [2.05, 4.69) is 9.88 Å². The summed E-state index contributed by atoms with van der Waals surface area (Å²) < 4.78 is 32.0. The average molecular weight is 335 g/mol. The van der Waals surface area contributed by atoms with E-state index in [1.165, 1.54) is 18.2 Å². The second-order valence-electron chi connectivity index (χ2n) is 5.46. The number of aryl methyl sites for hydroxylation is 1. The molecule has 1 aliphatic rings. The number of carbonyl (C=O) groups excluding carboxylic acids is 1. The Morgan fingerprint density at radius 2 is 2.00 bits per heavy atom. The highest BCUT2D eigenvalue weighted by Gasteiger charge is 2.22. The molecule has 0 saturated carbocycles. The second-order valence-corrected chi connectivity index (χ2v) is 7.14. The maximum atomic E-state index is 12.4. The van der Waals surface area contributed by atoms with Crippen molar-refractivity contribution in [1.29, 1.82) is 0 Å². The molecule has 8 heteroatoms. The SMILES string of the molecule is Cc1cc(NS(=O)(=O)c2cccc(C(=O)N3CCCC3)c2)no1. The molecule has 7 nitrogen and oxygen atoms in total. The Labute approximate surface area is 134 Å². The molecule has 0 radical (unpaired) electrons. The molecule has 1 aromatic carbocycles. The van der Waals surface area contributed by atoms with Gasteiger partial charge in [0, 0.05) is 24.7 Å². The van der Waals surface area contributed by atoms with E-state index in [0.717, 1.165) is 12.8 Å². The summed E-state index contributed by atoms with van der Waals surface area (Å²) in [5.74, 6) is 0.469. The van der Waals surface area contributed by atoms with Crippen molar-refractivity contribution >= 4 is 21.7 Å². The van der Waals surface area contributed by atoms with Gasteiger partial charge in [0.25, 0.3) is 15.9 Å². The Bertz CT molecular complexity index is 823. The van der Waals surface area contributed by atoms with E-state index in [1.54, 1.807) is 24.0 Å². The van der Waals surface area contributed by atoms with Gasteiger partial charge in [0.05, 0.1) is 4.90 Å². The molecule has 1 saturated heterocycles. The molecule has 1 aromatic heterocycles. The maximum Gasteiger partial charge on any atom is 0.263 e. The van der Waals surface area contributed by atoms with Crippen LogP contribution in [0.5, 0.6) is 0 Å². The van der Waals surface area contributed by atoms with Crippen LogP contribution in [0.25, 0.3) is 0 Å². The predicted octanol–water partition coefficient (Wildman–Crippen LogP) is 2.02. The number of hydrogen-bond acceptors (Lipinski definition) is 5. The third kappa shape index (κ3) is 3.37. The molecule has 0 bridgehead atoms. The Morgan fingerprint density at radius 3 is 2.65 bits per heavy atom. The molecule has 1 fully saturated rings. The Morgan fingerprint density at radius 1 is 1.26 bits per heavy atom. The summed E-state index contributed by atoms with van der Waals surface area (Å²) in [6.45, 7) is 3.10. The number of nitrogens with zero attached hydrogens (tertiary/aromatic N) is 2. The van der Waals surface area contributed by atoms with Crippen LogP contribution in [0, 0.1) is 6.92 Å². The summed E-state index contributed by atoms with van der Waals surface area (Å²) in [6, 6.07) is 7.49. The van der Waals surface area contributed by atoms with Crippen molar-refractivity contribution in [1.82, 2.24) is 10.1 Å². The highest BCUT2D eigenvalue weighted by atomic mass is 32.2. The van der Waals surface area contributed by atoms with E-state index in [1.807, 2.05) is 0 Å². The Hall–Kier alpha value is -2.35. The maximum absolute atomic E-state index is 12.4. The van der Waals surface area contributed by atoms with E-state index in [0.29, 0.717) is 24.4 Å². The highest BCUT2D eigenvalue weighted by molar-refractivity contribution is 7.92. The van der Waals surface area contributed by atoms with Crippen LogP contribution >= 0.6 is 0 Å². The molecule has 1 N–H and O–H groups in total. The van der Waals surface area contributed by atoms with Gasteiger partial charge in [-0.1, -0.05) is 11.2 Å². The van der Waals surface area contributed by atoms with Crippen LogP contribution in [0.3, 0.4) is 0 Å². The number of benzene rings is 1. The van der Waals surface area contributed by atoms with Crippen LogP contribution in [0.1, 0.15) is 29.0 Å². The van der Waals surface area contributed by atoms with Gasteiger partial charge in [-0.3, -0.25) is 9.52 Å². The molecule has 1 aliphatic heterocycles. The first-order valence-corrected chi connectivity index (χ1v) is 8.79. The lowest BCUT2D eigenvalue weighted by atomic mass is 10.2. The summed E-state index contributed by atoms with van der Waals surface area (Å²) in [5, 5.41) is 3.61. The first-order chi connectivity index (χ1) is 11.0. The van der Waals surface area contributed by atoms with Gasteiger partial charge in [-0.05, 0) is 38.0 Å². The van der Waals surface area contributed by atoms with Crippen molar-refractivity contribution in [2.75, 3.05) is 17.8 Å². The lowest BCUT2D eigenvalue weighted by molar-refractivity contribution is 0.0792. The summed E-state index contributed by atoms with van der Waals surface area (Å²) in [5.41, 5.74) is 0.367. The lowest BCUT2D eigenvalue weighted by Crippen LogP contribution is -2.27. The molecular weight excluding hydrogens is 318 g/mol. The van der Waals surface area contributed by atoms with E-state index in [-0.39, 0.29) is 16.6 Å². The molecule has 2 heterocycles. The Balaban J connectivity index is 1.84. The molecule has 122 valence electrons. The number of hydrogen-bond donors (Lipinski definition) is 1. The zero-order chi connectivity index (χ0) is 16.4. The molecular formula is C15H17N3O4S. The van der Waals surface area contributed by atoms with Crippen LogP contribution in [-0.4, -0.2) is 37.5 Å². The van der Waals surface area contributed by atoms with Crippen molar-refractivity contribution in [2.45, 2.75) is 24.7 Å². The fourth-order valence-corrected chi connectivity index (χ4v) is 3.54. The van der Waals surface area contributed by atoms with E-state index in [4.69, 9.17) is 4.52 Å². The number of rotatable bonds is 4. The van der Waals surface area contributed by atoms with Gasteiger partial charge in [0.2, 0.25) is 0 Å². The molecule has 2 aromatic rings. The molecule has 0 unspecified atom stereocenters. The van der Waals surface area contributed by atoms with Crippen molar-refractivity contribution < 1.29 is 17.7 Å². The van der Waals surface area contributed by atoms with Crippen molar-refractivity contribution in [3.05, 3.63) is 41.7 Å². The monoisotopic (exact) mass is 335 g/mol. The standard InChI is InChI=1S/C15H17N3O4S/c1-11-9-14(16-22-11)17-23(20,21)13-6-4-5-12(10-13)15(19)18-7-2-3-8-18/h4-6,9-10H,2-3,7-8H2,1H3,(H,16,17). The van der Waals surface area contributed by atoms with Crippen LogP contribution in [-0.2, 0) is 10.0 Å². The normalized spacial score (nSPS) is 14.9. The minimum absolute atomic E-state index is 0.0169. The van der Waals surface area contributed by atoms with Gasteiger partial charge in [-0.25, -0.2) is 8.42 Å². The molecule has 3 rings (SSSR count). The van der Waals surface area contributed by atoms with Gasteiger partial charge < -0.3 is 9.42 Å². The van der Waals surface area contributed by atoms with Crippen molar-refractivity contribution in [2.24, 2.45) is 0 Å². The van der Waals surface area contributed by atoms with Gasteiger partial charge in [-0.2, -0.15) is 0 Å². The van der Waals surface area contributed by atoms with E-state index >= 15 is 0 Å². The quantitative estimate of drug-likeness (QED) is 0.923. The molecule has 23 heavy (non-hydrogen) atoms. The zero-order valence-electron chi connectivity index (χ0n) is 12.7.